The lowest BCUT2D eigenvalue weighted by atomic mass is 10.1. The van der Waals surface area contributed by atoms with Gasteiger partial charge in [-0.05, 0) is 18.2 Å². The second-order valence-electron chi connectivity index (χ2n) is 5.74. The Morgan fingerprint density at radius 1 is 1.48 bits per heavy atom. The monoisotopic (exact) mass is 351 g/mol. The van der Waals surface area contributed by atoms with Crippen LogP contribution in [0, 0.1) is 5.82 Å². The van der Waals surface area contributed by atoms with Crippen LogP contribution < -0.4 is 5.32 Å². The standard InChI is InChI=1S/C17H22FN3O4/c1-3-15(23)17(25)21-7-6-20(9-12(21)10-22)16(24)13-8-11(18)4-5-14(13)19-2/h3-5,8,12,15,19,22-23H,1,6-7,9-10H2,2H3. The van der Waals surface area contributed by atoms with Gasteiger partial charge in [0.05, 0.1) is 18.2 Å². The van der Waals surface area contributed by atoms with Crippen LogP contribution in [-0.2, 0) is 4.79 Å². The van der Waals surface area contributed by atoms with Gasteiger partial charge in [0, 0.05) is 32.4 Å². The molecule has 0 bridgehead atoms. The molecule has 0 aromatic heterocycles. The summed E-state index contributed by atoms with van der Waals surface area (Å²) in [4.78, 5) is 27.6. The number of carbonyl (C=O) groups is 2. The van der Waals surface area contributed by atoms with E-state index in [2.05, 4.69) is 11.9 Å². The van der Waals surface area contributed by atoms with E-state index in [1.165, 1.54) is 21.9 Å². The fourth-order valence-corrected chi connectivity index (χ4v) is 2.84. The van der Waals surface area contributed by atoms with Gasteiger partial charge in [-0.15, -0.1) is 0 Å². The lowest BCUT2D eigenvalue weighted by Gasteiger charge is -2.41. The highest BCUT2D eigenvalue weighted by molar-refractivity contribution is 5.99. The summed E-state index contributed by atoms with van der Waals surface area (Å²) in [7, 11) is 1.63. The van der Waals surface area contributed by atoms with E-state index in [9.17, 15) is 24.2 Å². The minimum atomic E-state index is -1.35. The maximum Gasteiger partial charge on any atom is 0.256 e. The lowest BCUT2D eigenvalue weighted by Crippen LogP contribution is -2.59. The first-order valence-corrected chi connectivity index (χ1v) is 7.91. The molecule has 3 N–H and O–H groups in total. The van der Waals surface area contributed by atoms with E-state index in [0.29, 0.717) is 5.69 Å². The number of nitrogens with zero attached hydrogens (tertiary/aromatic N) is 2. The first-order valence-electron chi connectivity index (χ1n) is 7.91. The van der Waals surface area contributed by atoms with Crippen molar-refractivity contribution in [3.63, 3.8) is 0 Å². The molecule has 25 heavy (non-hydrogen) atoms. The molecule has 1 saturated heterocycles. The zero-order valence-electron chi connectivity index (χ0n) is 14.0. The van der Waals surface area contributed by atoms with E-state index in [0.717, 1.165) is 12.1 Å². The van der Waals surface area contributed by atoms with Crippen LogP contribution >= 0.6 is 0 Å². The molecular weight excluding hydrogens is 329 g/mol. The highest BCUT2D eigenvalue weighted by atomic mass is 19.1. The van der Waals surface area contributed by atoms with Crippen LogP contribution in [0.1, 0.15) is 10.4 Å². The second kappa shape index (κ2) is 8.09. The van der Waals surface area contributed by atoms with Crippen molar-refractivity contribution < 1.29 is 24.2 Å². The van der Waals surface area contributed by atoms with Crippen molar-refractivity contribution >= 4 is 17.5 Å². The van der Waals surface area contributed by atoms with Gasteiger partial charge in [-0.2, -0.15) is 0 Å². The molecule has 8 heteroatoms. The topological polar surface area (TPSA) is 93.1 Å². The average Bonchev–Trinajstić information content (AvgIpc) is 2.65. The number of benzene rings is 1. The Morgan fingerprint density at radius 3 is 2.80 bits per heavy atom. The average molecular weight is 351 g/mol. The Hall–Kier alpha value is -2.45. The molecule has 7 nitrogen and oxygen atoms in total. The first kappa shape index (κ1) is 18.9. The smallest absolute Gasteiger partial charge is 0.256 e. The Labute approximate surface area is 145 Å². The summed E-state index contributed by atoms with van der Waals surface area (Å²) in [6.07, 6.45) is -0.240. The van der Waals surface area contributed by atoms with Crippen molar-refractivity contribution in [3.05, 3.63) is 42.2 Å². The van der Waals surface area contributed by atoms with Gasteiger partial charge in [0.1, 0.15) is 5.82 Å². The molecule has 0 aliphatic carbocycles. The Kier molecular flexibility index (Phi) is 6.11. The van der Waals surface area contributed by atoms with Crippen LogP contribution in [-0.4, -0.2) is 77.3 Å². The summed E-state index contributed by atoms with van der Waals surface area (Å²) in [6.45, 7) is 3.47. The zero-order chi connectivity index (χ0) is 18.6. The maximum atomic E-state index is 13.5. The van der Waals surface area contributed by atoms with Gasteiger partial charge in [-0.3, -0.25) is 9.59 Å². The van der Waals surface area contributed by atoms with Gasteiger partial charge in [-0.1, -0.05) is 12.7 Å². The van der Waals surface area contributed by atoms with Crippen LogP contribution in [0.25, 0.3) is 0 Å². The third-order valence-electron chi connectivity index (χ3n) is 4.22. The number of carbonyl (C=O) groups excluding carboxylic acids is 2. The predicted molar refractivity (Wildman–Crippen MR) is 90.6 cm³/mol. The molecule has 1 aliphatic rings. The first-order chi connectivity index (χ1) is 11.9. The summed E-state index contributed by atoms with van der Waals surface area (Å²) in [5.41, 5.74) is 0.678. The molecule has 1 aromatic rings. The van der Waals surface area contributed by atoms with E-state index in [1.807, 2.05) is 0 Å². The molecule has 0 spiro atoms. The normalized spacial score (nSPS) is 18.6. The highest BCUT2D eigenvalue weighted by Crippen LogP contribution is 2.21. The summed E-state index contributed by atoms with van der Waals surface area (Å²) >= 11 is 0. The van der Waals surface area contributed by atoms with E-state index < -0.39 is 29.8 Å². The van der Waals surface area contributed by atoms with Crippen LogP contribution in [0.4, 0.5) is 10.1 Å². The third kappa shape index (κ3) is 3.97. The Balaban J connectivity index is 2.18. The zero-order valence-corrected chi connectivity index (χ0v) is 14.0. The van der Waals surface area contributed by atoms with Crippen molar-refractivity contribution in [1.29, 1.82) is 0 Å². The number of halogens is 1. The summed E-state index contributed by atoms with van der Waals surface area (Å²) in [6, 6.07) is 3.24. The SMILES string of the molecule is C=CC(O)C(=O)N1CCN(C(=O)c2cc(F)ccc2NC)CC1CO. The number of hydrogen-bond acceptors (Lipinski definition) is 5. The van der Waals surface area contributed by atoms with Crippen LogP contribution in [0.5, 0.6) is 0 Å². The number of aliphatic hydroxyl groups excluding tert-OH is 2. The van der Waals surface area contributed by atoms with E-state index >= 15 is 0 Å². The number of anilines is 1. The van der Waals surface area contributed by atoms with Crippen molar-refractivity contribution in [2.24, 2.45) is 0 Å². The van der Waals surface area contributed by atoms with Gasteiger partial charge in [0.2, 0.25) is 0 Å². The van der Waals surface area contributed by atoms with E-state index in [-0.39, 0.29) is 31.8 Å². The summed E-state index contributed by atoms with van der Waals surface area (Å²) in [5, 5.41) is 22.0. The van der Waals surface area contributed by atoms with Crippen molar-refractivity contribution in [2.75, 3.05) is 38.6 Å². The molecular formula is C17H22FN3O4. The molecule has 0 saturated carbocycles. The Bertz CT molecular complexity index is 667. The van der Waals surface area contributed by atoms with Crippen molar-refractivity contribution in [1.82, 2.24) is 9.80 Å². The molecule has 2 atom stereocenters. The largest absolute Gasteiger partial charge is 0.394 e. The van der Waals surface area contributed by atoms with Gasteiger partial charge in [0.15, 0.2) is 6.10 Å². The molecule has 1 aromatic carbocycles. The molecule has 136 valence electrons. The lowest BCUT2D eigenvalue weighted by molar-refractivity contribution is -0.143. The minimum Gasteiger partial charge on any atom is -0.394 e. The molecule has 1 heterocycles. The highest BCUT2D eigenvalue weighted by Gasteiger charge is 2.34. The summed E-state index contributed by atoms with van der Waals surface area (Å²) < 4.78 is 13.5. The molecule has 1 aliphatic heterocycles. The molecule has 2 rings (SSSR count). The number of aliphatic hydroxyl groups is 2. The molecule has 2 unspecified atom stereocenters. The van der Waals surface area contributed by atoms with Gasteiger partial charge >= 0.3 is 0 Å². The summed E-state index contributed by atoms with van der Waals surface area (Å²) in [5.74, 6) is -1.48. The number of nitrogens with one attached hydrogen (secondary N) is 1. The quantitative estimate of drug-likeness (QED) is 0.653. The maximum absolute atomic E-state index is 13.5. The van der Waals surface area contributed by atoms with Gasteiger partial charge < -0.3 is 25.3 Å². The molecule has 1 fully saturated rings. The van der Waals surface area contributed by atoms with Crippen LogP contribution in [0.3, 0.4) is 0 Å². The van der Waals surface area contributed by atoms with E-state index in [1.54, 1.807) is 7.05 Å². The second-order valence-corrected chi connectivity index (χ2v) is 5.74. The third-order valence-corrected chi connectivity index (χ3v) is 4.22. The van der Waals surface area contributed by atoms with Crippen molar-refractivity contribution in [2.45, 2.75) is 12.1 Å². The molecule has 2 amide bonds. The minimum absolute atomic E-state index is 0.0879. The Morgan fingerprint density at radius 2 is 2.20 bits per heavy atom. The fourth-order valence-electron chi connectivity index (χ4n) is 2.84. The number of rotatable bonds is 5. The van der Waals surface area contributed by atoms with Gasteiger partial charge in [-0.25, -0.2) is 4.39 Å². The van der Waals surface area contributed by atoms with Gasteiger partial charge in [0.25, 0.3) is 11.8 Å². The van der Waals surface area contributed by atoms with Crippen LogP contribution in [0.15, 0.2) is 30.9 Å². The van der Waals surface area contributed by atoms with E-state index in [4.69, 9.17) is 0 Å². The van der Waals surface area contributed by atoms with Crippen molar-refractivity contribution in [3.8, 4) is 0 Å². The fraction of sp³-hybridized carbons (Fsp3) is 0.412. The number of hydrogen-bond donors (Lipinski definition) is 3. The molecule has 0 radical (unpaired) electrons. The number of piperazine rings is 1. The predicted octanol–water partition coefficient (Wildman–Crippen LogP) is 0.0596. The van der Waals surface area contributed by atoms with Crippen LogP contribution in [0.2, 0.25) is 0 Å². The number of amides is 2.